The maximum absolute atomic E-state index is 14.1. The minimum Gasteiger partial charge on any atom is -0.444 e. The fourth-order valence-electron chi connectivity index (χ4n) is 2.75. The summed E-state index contributed by atoms with van der Waals surface area (Å²) >= 11 is 0. The maximum atomic E-state index is 14.1. The van der Waals surface area contributed by atoms with Gasteiger partial charge in [0.2, 0.25) is 10.0 Å². The summed E-state index contributed by atoms with van der Waals surface area (Å²) < 4.78 is 111. The number of sulfonamides is 1. The number of carbonyl (C=O) groups excluding carboxylic acids is 1. The molecule has 1 atom stereocenters. The lowest BCUT2D eigenvalue weighted by molar-refractivity contribution is -0.137. The van der Waals surface area contributed by atoms with Gasteiger partial charge < -0.3 is 10.1 Å². The molecule has 0 radical (unpaired) electrons. The molecule has 13 heteroatoms. The van der Waals surface area contributed by atoms with Crippen LogP contribution < -0.4 is 10.0 Å². The molecule has 34 heavy (non-hydrogen) atoms. The third-order valence-electron chi connectivity index (χ3n) is 4.29. The largest absolute Gasteiger partial charge is 0.444 e. The normalized spacial score (nSPS) is 13.4. The van der Waals surface area contributed by atoms with E-state index in [1.54, 1.807) is 20.8 Å². The highest BCUT2D eigenvalue weighted by Gasteiger charge is 2.31. The smallest absolute Gasteiger partial charge is 0.416 e. The van der Waals surface area contributed by atoms with Crippen molar-refractivity contribution in [3.05, 3.63) is 65.0 Å². The number of alkyl carbamates (subject to hydrolysis) is 1. The molecule has 2 aromatic rings. The SMILES string of the molecule is CC(C)(C)OC(=O)N[C@@H](CNS(=O)(=O)c1ccc(C(F)(F)F)cc1)Cc1cc(F)c(F)cc1F. The van der Waals surface area contributed by atoms with Crippen LogP contribution in [0.1, 0.15) is 31.9 Å². The van der Waals surface area contributed by atoms with E-state index >= 15 is 0 Å². The van der Waals surface area contributed by atoms with Gasteiger partial charge in [0.25, 0.3) is 0 Å². The van der Waals surface area contributed by atoms with Crippen molar-refractivity contribution in [2.24, 2.45) is 0 Å². The number of hydrogen-bond acceptors (Lipinski definition) is 4. The Hall–Kier alpha value is -2.80. The van der Waals surface area contributed by atoms with Crippen LogP contribution in [0.15, 0.2) is 41.3 Å². The molecular formula is C21H22F6N2O4S. The molecule has 6 nitrogen and oxygen atoms in total. The van der Waals surface area contributed by atoms with E-state index in [-0.39, 0.29) is 5.56 Å². The lowest BCUT2D eigenvalue weighted by Crippen LogP contribution is -2.46. The van der Waals surface area contributed by atoms with Gasteiger partial charge in [0, 0.05) is 18.7 Å². The highest BCUT2D eigenvalue weighted by molar-refractivity contribution is 7.89. The van der Waals surface area contributed by atoms with Crippen molar-refractivity contribution in [1.29, 1.82) is 0 Å². The molecule has 0 aliphatic rings. The fourth-order valence-corrected chi connectivity index (χ4v) is 3.83. The zero-order chi connectivity index (χ0) is 25.9. The van der Waals surface area contributed by atoms with Gasteiger partial charge in [0.05, 0.1) is 10.5 Å². The molecule has 0 aromatic heterocycles. The van der Waals surface area contributed by atoms with Crippen molar-refractivity contribution >= 4 is 16.1 Å². The van der Waals surface area contributed by atoms with Crippen LogP contribution in [0.5, 0.6) is 0 Å². The topological polar surface area (TPSA) is 84.5 Å². The van der Waals surface area contributed by atoms with Crippen molar-refractivity contribution in [2.45, 2.75) is 49.9 Å². The summed E-state index contributed by atoms with van der Waals surface area (Å²) in [6.45, 7) is 4.11. The molecule has 0 fully saturated rings. The summed E-state index contributed by atoms with van der Waals surface area (Å²) in [6.07, 6.45) is -6.11. The summed E-state index contributed by atoms with van der Waals surface area (Å²) in [5, 5.41) is 2.32. The van der Waals surface area contributed by atoms with Gasteiger partial charge >= 0.3 is 12.3 Å². The predicted octanol–water partition coefficient (Wildman–Crippen LogP) is 4.54. The van der Waals surface area contributed by atoms with Gasteiger partial charge in [0.15, 0.2) is 11.6 Å². The molecule has 188 valence electrons. The molecule has 2 N–H and O–H groups in total. The van der Waals surface area contributed by atoms with E-state index in [1.165, 1.54) is 0 Å². The Balaban J connectivity index is 2.23. The number of alkyl halides is 3. The molecule has 0 bridgehead atoms. The quantitative estimate of drug-likeness (QED) is 0.422. The first-order valence-corrected chi connectivity index (χ1v) is 11.3. The summed E-state index contributed by atoms with van der Waals surface area (Å²) in [5.74, 6) is -3.90. The molecule has 0 aliphatic carbocycles. The van der Waals surface area contributed by atoms with Crippen molar-refractivity contribution in [3.63, 3.8) is 0 Å². The van der Waals surface area contributed by atoms with Gasteiger partial charge in [-0.3, -0.25) is 0 Å². The molecular weight excluding hydrogens is 490 g/mol. The molecule has 2 rings (SSSR count). The van der Waals surface area contributed by atoms with Gasteiger partial charge in [-0.15, -0.1) is 0 Å². The van der Waals surface area contributed by atoms with Gasteiger partial charge in [-0.25, -0.2) is 31.1 Å². The second-order valence-electron chi connectivity index (χ2n) is 8.28. The Morgan fingerprint density at radius 3 is 2.06 bits per heavy atom. The molecule has 1 amide bonds. The van der Waals surface area contributed by atoms with E-state index in [0.717, 1.165) is 12.1 Å². The van der Waals surface area contributed by atoms with E-state index in [2.05, 4.69) is 10.0 Å². The molecule has 0 heterocycles. The number of nitrogens with one attached hydrogen (secondary N) is 2. The van der Waals surface area contributed by atoms with E-state index in [4.69, 9.17) is 4.74 Å². The van der Waals surface area contributed by atoms with Crippen LogP contribution in [-0.2, 0) is 27.4 Å². The van der Waals surface area contributed by atoms with Crippen LogP contribution in [0.2, 0.25) is 0 Å². The first-order valence-electron chi connectivity index (χ1n) is 9.78. The maximum Gasteiger partial charge on any atom is 0.416 e. The fraction of sp³-hybridized carbons (Fsp3) is 0.381. The van der Waals surface area contributed by atoms with Crippen LogP contribution in [0.3, 0.4) is 0 Å². The van der Waals surface area contributed by atoms with E-state index in [1.807, 2.05) is 0 Å². The number of carbonyl (C=O) groups is 1. The first-order chi connectivity index (χ1) is 15.5. The highest BCUT2D eigenvalue weighted by Crippen LogP contribution is 2.29. The Kier molecular flexibility index (Phi) is 8.25. The van der Waals surface area contributed by atoms with Crippen LogP contribution >= 0.6 is 0 Å². The summed E-state index contributed by atoms with van der Waals surface area (Å²) in [5.41, 5.74) is -2.33. The Morgan fingerprint density at radius 1 is 0.971 bits per heavy atom. The van der Waals surface area contributed by atoms with Gasteiger partial charge in [-0.1, -0.05) is 0 Å². The van der Waals surface area contributed by atoms with E-state index in [9.17, 15) is 39.6 Å². The third-order valence-corrected chi connectivity index (χ3v) is 5.73. The zero-order valence-electron chi connectivity index (χ0n) is 18.3. The molecule has 0 aliphatic heterocycles. The average molecular weight is 512 g/mol. The standard InChI is InChI=1S/C21H22F6N2O4S/c1-20(2,3)33-19(30)29-14(8-12-9-17(23)18(24)10-16(12)22)11-28-34(31,32)15-6-4-13(5-7-15)21(25,26)27/h4-7,9-10,14,28H,8,11H2,1-3H3,(H,29,30)/t14-/m1/s1. The van der Waals surface area contributed by atoms with Crippen LogP contribution in [0, 0.1) is 17.5 Å². The average Bonchev–Trinajstić information content (AvgIpc) is 2.68. The Labute approximate surface area is 192 Å². The van der Waals surface area contributed by atoms with Crippen molar-refractivity contribution in [2.75, 3.05) is 6.54 Å². The summed E-state index contributed by atoms with van der Waals surface area (Å²) in [4.78, 5) is 11.7. The molecule has 0 saturated heterocycles. The third kappa shape index (κ3) is 7.90. The number of rotatable bonds is 7. The summed E-state index contributed by atoms with van der Waals surface area (Å²) in [6, 6.07) is 2.34. The molecule has 0 spiro atoms. The highest BCUT2D eigenvalue weighted by atomic mass is 32.2. The van der Waals surface area contributed by atoms with Gasteiger partial charge in [0.1, 0.15) is 11.4 Å². The minimum absolute atomic E-state index is 0.307. The Morgan fingerprint density at radius 2 is 1.53 bits per heavy atom. The van der Waals surface area contributed by atoms with E-state index in [0.29, 0.717) is 24.3 Å². The van der Waals surface area contributed by atoms with Crippen molar-refractivity contribution in [3.8, 4) is 0 Å². The Bertz CT molecular complexity index is 1130. The van der Waals surface area contributed by atoms with Crippen LogP contribution in [0.4, 0.5) is 31.1 Å². The molecule has 2 aromatic carbocycles. The second-order valence-corrected chi connectivity index (χ2v) is 10.0. The molecule has 0 saturated carbocycles. The van der Waals surface area contributed by atoms with Crippen LogP contribution in [0.25, 0.3) is 0 Å². The lowest BCUT2D eigenvalue weighted by Gasteiger charge is -2.24. The number of ether oxygens (including phenoxy) is 1. The first kappa shape index (κ1) is 27.4. The number of hydrogen-bond donors (Lipinski definition) is 2. The number of amides is 1. The van der Waals surface area contributed by atoms with Crippen molar-refractivity contribution < 1.29 is 44.3 Å². The second kappa shape index (κ2) is 10.2. The van der Waals surface area contributed by atoms with Gasteiger partial charge in [-0.05, 0) is 63.1 Å². The monoisotopic (exact) mass is 512 g/mol. The molecule has 0 unspecified atom stereocenters. The number of halogens is 6. The van der Waals surface area contributed by atoms with Crippen LogP contribution in [-0.4, -0.2) is 32.7 Å². The lowest BCUT2D eigenvalue weighted by atomic mass is 10.1. The van der Waals surface area contributed by atoms with Gasteiger partial charge in [-0.2, -0.15) is 13.2 Å². The minimum atomic E-state index is -4.66. The number of benzene rings is 2. The van der Waals surface area contributed by atoms with Crippen molar-refractivity contribution in [1.82, 2.24) is 10.0 Å². The van der Waals surface area contributed by atoms with E-state index < -0.39 is 74.8 Å². The zero-order valence-corrected chi connectivity index (χ0v) is 19.1. The summed E-state index contributed by atoms with van der Waals surface area (Å²) in [7, 11) is -4.34. The predicted molar refractivity (Wildman–Crippen MR) is 110 cm³/mol.